The molecule has 2 saturated heterocycles. The molecule has 3 rings (SSSR count). The van der Waals surface area contributed by atoms with Gasteiger partial charge in [-0.05, 0) is 37.2 Å². The van der Waals surface area contributed by atoms with Gasteiger partial charge in [0, 0.05) is 49.9 Å². The van der Waals surface area contributed by atoms with Crippen molar-refractivity contribution in [2.75, 3.05) is 19.6 Å². The fraction of sp³-hybridized carbons (Fsp3) is 0.632. The Hall–Kier alpha value is -2.11. The van der Waals surface area contributed by atoms with Gasteiger partial charge in [-0.15, -0.1) is 0 Å². The first kappa shape index (κ1) is 17.7. The smallest absolute Gasteiger partial charge is 0.254 e. The third kappa shape index (κ3) is 3.94. The van der Waals surface area contributed by atoms with Crippen molar-refractivity contribution < 1.29 is 9.59 Å². The zero-order valence-corrected chi connectivity index (χ0v) is 15.0. The summed E-state index contributed by atoms with van der Waals surface area (Å²) < 4.78 is 0. The van der Waals surface area contributed by atoms with Crippen molar-refractivity contribution in [1.29, 1.82) is 0 Å². The lowest BCUT2D eigenvalue weighted by Crippen LogP contribution is -2.56. The monoisotopic (exact) mass is 345 g/mol. The van der Waals surface area contributed by atoms with Crippen LogP contribution in [0.5, 0.6) is 0 Å². The molecular formula is C19H27N3O3. The number of H-pyrrole nitrogens is 1. The fourth-order valence-electron chi connectivity index (χ4n) is 4.10. The number of carbonyl (C=O) groups excluding carboxylic acids is 2. The number of aromatic nitrogens is 1. The molecule has 1 N–H and O–H groups in total. The molecule has 2 fully saturated rings. The summed E-state index contributed by atoms with van der Waals surface area (Å²) in [6.45, 7) is 6.31. The van der Waals surface area contributed by atoms with Gasteiger partial charge in [-0.1, -0.05) is 13.8 Å². The number of pyridine rings is 1. The third-order valence-electron chi connectivity index (χ3n) is 5.29. The van der Waals surface area contributed by atoms with Crippen LogP contribution in [-0.4, -0.2) is 52.3 Å². The number of amides is 2. The van der Waals surface area contributed by atoms with Crippen LogP contribution in [0.1, 0.15) is 49.9 Å². The van der Waals surface area contributed by atoms with Crippen molar-refractivity contribution in [1.82, 2.24) is 14.8 Å². The van der Waals surface area contributed by atoms with Gasteiger partial charge < -0.3 is 14.8 Å². The van der Waals surface area contributed by atoms with Crippen molar-refractivity contribution in [3.05, 3.63) is 34.2 Å². The van der Waals surface area contributed by atoms with E-state index in [1.807, 2.05) is 9.80 Å². The topological polar surface area (TPSA) is 73.5 Å². The molecule has 1 aromatic heterocycles. The highest BCUT2D eigenvalue weighted by atomic mass is 16.2. The molecule has 0 saturated carbocycles. The third-order valence-corrected chi connectivity index (χ3v) is 5.29. The first-order chi connectivity index (χ1) is 12.0. The summed E-state index contributed by atoms with van der Waals surface area (Å²) in [5.74, 6) is 0.865. The zero-order valence-electron chi connectivity index (χ0n) is 15.0. The largest absolute Gasteiger partial charge is 0.342 e. The van der Waals surface area contributed by atoms with E-state index in [1.54, 1.807) is 6.07 Å². The first-order valence-corrected chi connectivity index (χ1v) is 9.23. The van der Waals surface area contributed by atoms with Crippen LogP contribution >= 0.6 is 0 Å². The van der Waals surface area contributed by atoms with Gasteiger partial charge in [0.25, 0.3) is 5.91 Å². The average molecular weight is 345 g/mol. The van der Waals surface area contributed by atoms with Crippen molar-refractivity contribution >= 4 is 11.8 Å². The second kappa shape index (κ2) is 7.42. The maximum Gasteiger partial charge on any atom is 0.254 e. The Morgan fingerprint density at radius 1 is 1.28 bits per heavy atom. The summed E-state index contributed by atoms with van der Waals surface area (Å²) in [5, 5.41) is 0. The van der Waals surface area contributed by atoms with Gasteiger partial charge in [0.1, 0.15) is 0 Å². The van der Waals surface area contributed by atoms with E-state index >= 15 is 0 Å². The number of aromatic amines is 1. The average Bonchev–Trinajstić information content (AvgIpc) is 2.59. The molecule has 2 unspecified atom stereocenters. The summed E-state index contributed by atoms with van der Waals surface area (Å²) in [6.07, 6.45) is 4.93. The van der Waals surface area contributed by atoms with Crippen LogP contribution in [0.4, 0.5) is 0 Å². The number of fused-ring (bicyclic) bond motifs is 1. The maximum absolute atomic E-state index is 12.9. The number of hydrogen-bond acceptors (Lipinski definition) is 3. The normalized spacial score (nSPS) is 23.5. The summed E-state index contributed by atoms with van der Waals surface area (Å²) in [5.41, 5.74) is 0.191. The lowest BCUT2D eigenvalue weighted by atomic mass is 9.83. The van der Waals surface area contributed by atoms with Crippen LogP contribution in [0.3, 0.4) is 0 Å². The molecule has 0 bridgehead atoms. The number of nitrogens with one attached hydrogen (secondary N) is 1. The number of hydrogen-bond donors (Lipinski definition) is 1. The van der Waals surface area contributed by atoms with E-state index < -0.39 is 0 Å². The lowest BCUT2D eigenvalue weighted by molar-refractivity contribution is -0.135. The molecule has 0 spiro atoms. The standard InChI is InChI=1S/C19H27N3O3/c1-13(2)10-18(24)21-9-6-16-15(12-21)4-3-8-22(16)19(25)14-5-7-20-17(23)11-14/h5,7,11,13,15-16H,3-4,6,8-10,12H2,1-2H3,(H,20,23). The molecule has 2 aliphatic heterocycles. The minimum absolute atomic E-state index is 0.0669. The molecule has 1 aromatic rings. The molecule has 2 atom stereocenters. The van der Waals surface area contributed by atoms with E-state index in [1.165, 1.54) is 12.3 Å². The second-order valence-corrected chi connectivity index (χ2v) is 7.64. The molecule has 6 heteroatoms. The predicted molar refractivity (Wildman–Crippen MR) is 95.3 cm³/mol. The van der Waals surface area contributed by atoms with Crippen LogP contribution in [0.15, 0.2) is 23.1 Å². The van der Waals surface area contributed by atoms with Gasteiger partial charge in [0.15, 0.2) is 0 Å². The first-order valence-electron chi connectivity index (χ1n) is 9.23. The van der Waals surface area contributed by atoms with Crippen LogP contribution in [0, 0.1) is 11.8 Å². The van der Waals surface area contributed by atoms with E-state index in [4.69, 9.17) is 0 Å². The summed E-state index contributed by atoms with van der Waals surface area (Å²) >= 11 is 0. The second-order valence-electron chi connectivity index (χ2n) is 7.64. The summed E-state index contributed by atoms with van der Waals surface area (Å²) in [7, 11) is 0. The van der Waals surface area contributed by atoms with Crippen LogP contribution in [0.25, 0.3) is 0 Å². The Kier molecular flexibility index (Phi) is 5.25. The molecule has 25 heavy (non-hydrogen) atoms. The Morgan fingerprint density at radius 2 is 2.08 bits per heavy atom. The predicted octanol–water partition coefficient (Wildman–Crippen LogP) is 1.87. The molecular weight excluding hydrogens is 318 g/mol. The van der Waals surface area contributed by atoms with E-state index in [2.05, 4.69) is 18.8 Å². The highest BCUT2D eigenvalue weighted by Gasteiger charge is 2.39. The molecule has 0 aromatic carbocycles. The SMILES string of the molecule is CC(C)CC(=O)N1CCC2C(CCCN2C(=O)c2cc[nH]c(=O)c2)C1. The molecule has 2 amide bonds. The van der Waals surface area contributed by atoms with E-state index in [0.29, 0.717) is 30.4 Å². The number of carbonyl (C=O) groups is 2. The minimum atomic E-state index is -0.256. The molecule has 0 aliphatic carbocycles. The zero-order chi connectivity index (χ0) is 18.0. The number of nitrogens with zero attached hydrogens (tertiary/aromatic N) is 2. The molecule has 136 valence electrons. The number of piperidine rings is 2. The van der Waals surface area contributed by atoms with E-state index in [0.717, 1.165) is 32.4 Å². The Labute approximate surface area is 148 Å². The Bertz CT molecular complexity index is 697. The van der Waals surface area contributed by atoms with Crippen LogP contribution < -0.4 is 5.56 Å². The summed E-state index contributed by atoms with van der Waals surface area (Å²) in [4.78, 5) is 43.2. The van der Waals surface area contributed by atoms with Crippen molar-refractivity contribution in [3.8, 4) is 0 Å². The van der Waals surface area contributed by atoms with E-state index in [-0.39, 0.29) is 23.4 Å². The van der Waals surface area contributed by atoms with Gasteiger partial charge in [-0.3, -0.25) is 14.4 Å². The van der Waals surface area contributed by atoms with Crippen molar-refractivity contribution in [3.63, 3.8) is 0 Å². The van der Waals surface area contributed by atoms with Gasteiger partial charge in [0.2, 0.25) is 11.5 Å². The number of rotatable bonds is 3. The van der Waals surface area contributed by atoms with Gasteiger partial charge >= 0.3 is 0 Å². The Morgan fingerprint density at radius 3 is 2.80 bits per heavy atom. The fourth-order valence-corrected chi connectivity index (χ4v) is 4.10. The molecule has 3 heterocycles. The van der Waals surface area contributed by atoms with Crippen molar-refractivity contribution in [2.24, 2.45) is 11.8 Å². The highest BCUT2D eigenvalue weighted by Crippen LogP contribution is 2.32. The van der Waals surface area contributed by atoms with Crippen LogP contribution in [0.2, 0.25) is 0 Å². The maximum atomic E-state index is 12.9. The lowest BCUT2D eigenvalue weighted by Gasteiger charge is -2.47. The molecule has 6 nitrogen and oxygen atoms in total. The Balaban J connectivity index is 1.70. The van der Waals surface area contributed by atoms with Gasteiger partial charge in [0.05, 0.1) is 0 Å². The van der Waals surface area contributed by atoms with Gasteiger partial charge in [-0.25, -0.2) is 0 Å². The summed E-state index contributed by atoms with van der Waals surface area (Å²) in [6, 6.07) is 3.20. The quantitative estimate of drug-likeness (QED) is 0.909. The minimum Gasteiger partial charge on any atom is -0.342 e. The van der Waals surface area contributed by atoms with Gasteiger partial charge in [-0.2, -0.15) is 0 Å². The molecule has 0 radical (unpaired) electrons. The highest BCUT2D eigenvalue weighted by molar-refractivity contribution is 5.94. The van der Waals surface area contributed by atoms with Crippen LogP contribution in [-0.2, 0) is 4.79 Å². The number of likely N-dealkylation sites (tertiary alicyclic amines) is 2. The van der Waals surface area contributed by atoms with E-state index in [9.17, 15) is 14.4 Å². The van der Waals surface area contributed by atoms with Crippen molar-refractivity contribution in [2.45, 2.75) is 45.6 Å². The molecule has 2 aliphatic rings.